The van der Waals surface area contributed by atoms with E-state index in [0.717, 1.165) is 29.7 Å². The van der Waals surface area contributed by atoms with Crippen molar-refractivity contribution in [3.63, 3.8) is 0 Å². The van der Waals surface area contributed by atoms with E-state index in [2.05, 4.69) is 15.3 Å². The van der Waals surface area contributed by atoms with Crippen molar-refractivity contribution in [1.29, 1.82) is 0 Å². The molecular formula is C25H22FN3O2S. The molecule has 7 heteroatoms. The van der Waals surface area contributed by atoms with Gasteiger partial charge in [0.05, 0.1) is 5.56 Å². The number of aromatic nitrogens is 2. The zero-order valence-electron chi connectivity index (χ0n) is 17.6. The monoisotopic (exact) mass is 447 g/mol. The number of Topliss-reactive ketones (excluding diaryl/α,β-unsaturated/α-hetero) is 1. The Kier molecular flexibility index (Phi) is 5.43. The number of carbonyl (C=O) groups is 1. The first-order valence-corrected chi connectivity index (χ1v) is 11.6. The van der Waals surface area contributed by atoms with E-state index in [4.69, 9.17) is 0 Å². The normalized spacial score (nSPS) is 17.6. The van der Waals surface area contributed by atoms with E-state index in [0.29, 0.717) is 39.8 Å². The number of H-pyrrole nitrogens is 1. The summed E-state index contributed by atoms with van der Waals surface area (Å²) in [6.45, 7) is 2.00. The van der Waals surface area contributed by atoms with Gasteiger partial charge in [-0.15, -0.1) is 0 Å². The Hall–Kier alpha value is -3.19. The molecule has 5 rings (SSSR count). The number of rotatable bonds is 4. The third-order valence-corrected chi connectivity index (χ3v) is 6.89. The number of hydrogen-bond donors (Lipinski definition) is 2. The van der Waals surface area contributed by atoms with E-state index in [1.54, 1.807) is 18.2 Å². The molecule has 0 spiro atoms. The van der Waals surface area contributed by atoms with E-state index in [-0.39, 0.29) is 17.2 Å². The average molecular weight is 448 g/mol. The van der Waals surface area contributed by atoms with Gasteiger partial charge in [0.15, 0.2) is 10.9 Å². The fourth-order valence-electron chi connectivity index (χ4n) is 4.36. The van der Waals surface area contributed by atoms with Crippen LogP contribution in [0.2, 0.25) is 0 Å². The van der Waals surface area contributed by atoms with Crippen LogP contribution in [0.1, 0.15) is 47.4 Å². The summed E-state index contributed by atoms with van der Waals surface area (Å²) in [7, 11) is 0. The van der Waals surface area contributed by atoms with Gasteiger partial charge in [0.1, 0.15) is 11.6 Å². The van der Waals surface area contributed by atoms with Crippen molar-refractivity contribution in [3.05, 3.63) is 98.2 Å². The van der Waals surface area contributed by atoms with Crippen molar-refractivity contribution >= 4 is 23.4 Å². The molecule has 5 nitrogen and oxygen atoms in total. The van der Waals surface area contributed by atoms with Gasteiger partial charge in [0.2, 0.25) is 0 Å². The Morgan fingerprint density at radius 3 is 2.66 bits per heavy atom. The van der Waals surface area contributed by atoms with Crippen molar-refractivity contribution in [3.8, 4) is 0 Å². The molecule has 32 heavy (non-hydrogen) atoms. The van der Waals surface area contributed by atoms with Gasteiger partial charge in [-0.1, -0.05) is 59.8 Å². The lowest BCUT2D eigenvalue weighted by atomic mass is 9.76. The predicted octanol–water partition coefficient (Wildman–Crippen LogP) is 5.07. The van der Waals surface area contributed by atoms with Crippen LogP contribution >= 0.6 is 11.8 Å². The number of anilines is 1. The van der Waals surface area contributed by atoms with Crippen LogP contribution in [0.25, 0.3) is 0 Å². The Morgan fingerprint density at radius 2 is 1.88 bits per heavy atom. The molecule has 1 atom stereocenters. The topological polar surface area (TPSA) is 74.8 Å². The Balaban J connectivity index is 1.56. The van der Waals surface area contributed by atoms with Gasteiger partial charge in [0.25, 0.3) is 5.56 Å². The van der Waals surface area contributed by atoms with Crippen LogP contribution < -0.4 is 10.9 Å². The van der Waals surface area contributed by atoms with Gasteiger partial charge in [0, 0.05) is 29.4 Å². The number of fused-ring (bicyclic) bond motifs is 1. The Bertz CT molecular complexity index is 1300. The van der Waals surface area contributed by atoms with Gasteiger partial charge in [-0.25, -0.2) is 9.37 Å². The zero-order chi connectivity index (χ0) is 22.2. The number of benzene rings is 2. The standard InChI is InChI=1S/C25H22FN3O2S/c1-14-9-11-15(12-10-14)20-21-18(7-4-8-19(21)30)27-23-22(20)24(31)29-25(28-23)32-13-16-5-2-3-6-17(16)26/h2-3,5-6,9-12,20H,4,7-8,13H2,1H3,(H2,27,28,29,31)/t20-/m1/s1. The maximum atomic E-state index is 14.0. The second-order valence-corrected chi connectivity index (χ2v) is 9.12. The predicted molar refractivity (Wildman–Crippen MR) is 123 cm³/mol. The highest BCUT2D eigenvalue weighted by Crippen LogP contribution is 2.43. The lowest BCUT2D eigenvalue weighted by Gasteiger charge is -2.32. The van der Waals surface area contributed by atoms with Crippen LogP contribution in [-0.2, 0) is 10.5 Å². The Labute approximate surface area is 189 Å². The molecule has 162 valence electrons. The third-order valence-electron chi connectivity index (χ3n) is 5.97. The number of aryl methyl sites for hydroxylation is 1. The fraction of sp³-hybridized carbons (Fsp3) is 0.240. The maximum absolute atomic E-state index is 14.0. The van der Waals surface area contributed by atoms with Gasteiger partial charge in [-0.05, 0) is 37.0 Å². The SMILES string of the molecule is Cc1ccc([C@@H]2C3=C(CCCC3=O)Nc3nc(SCc4ccccc4F)[nH]c(=O)c32)cc1. The quantitative estimate of drug-likeness (QED) is 0.431. The largest absolute Gasteiger partial charge is 0.343 e. The first-order chi connectivity index (χ1) is 15.5. The zero-order valence-corrected chi connectivity index (χ0v) is 18.4. The highest BCUT2D eigenvalue weighted by atomic mass is 32.2. The van der Waals surface area contributed by atoms with Gasteiger partial charge in [-0.2, -0.15) is 0 Å². The van der Waals surface area contributed by atoms with Crippen molar-refractivity contribution in [2.75, 3.05) is 5.32 Å². The van der Waals surface area contributed by atoms with Gasteiger partial charge >= 0.3 is 0 Å². The minimum absolute atomic E-state index is 0.0763. The van der Waals surface area contributed by atoms with E-state index in [1.165, 1.54) is 17.8 Å². The first kappa shape index (κ1) is 20.7. The first-order valence-electron chi connectivity index (χ1n) is 10.6. The molecule has 2 aliphatic rings. The number of carbonyl (C=O) groups excluding carboxylic acids is 1. The summed E-state index contributed by atoms with van der Waals surface area (Å²) in [5.74, 6) is 0.170. The molecule has 1 aliphatic carbocycles. The minimum Gasteiger partial charge on any atom is -0.343 e. The number of halogens is 1. The van der Waals surface area contributed by atoms with Gasteiger partial charge < -0.3 is 10.3 Å². The summed E-state index contributed by atoms with van der Waals surface area (Å²) in [5.41, 5.74) is 4.26. The number of nitrogens with zero attached hydrogens (tertiary/aromatic N) is 1. The van der Waals surface area contributed by atoms with Crippen molar-refractivity contribution in [2.45, 2.75) is 43.0 Å². The maximum Gasteiger partial charge on any atom is 0.257 e. The van der Waals surface area contributed by atoms with Gasteiger partial charge in [-0.3, -0.25) is 9.59 Å². The molecule has 0 bridgehead atoms. The molecule has 0 saturated carbocycles. The number of hydrogen-bond acceptors (Lipinski definition) is 5. The van der Waals surface area contributed by atoms with E-state index in [9.17, 15) is 14.0 Å². The molecule has 2 aromatic carbocycles. The van der Waals surface area contributed by atoms with Crippen molar-refractivity contribution < 1.29 is 9.18 Å². The highest BCUT2D eigenvalue weighted by Gasteiger charge is 2.37. The summed E-state index contributed by atoms with van der Waals surface area (Å²) >= 11 is 1.27. The molecule has 0 unspecified atom stereocenters. The lowest BCUT2D eigenvalue weighted by molar-refractivity contribution is -0.116. The molecule has 2 N–H and O–H groups in total. The number of ketones is 1. The summed E-state index contributed by atoms with van der Waals surface area (Å²) in [6, 6.07) is 14.5. The number of thioether (sulfide) groups is 1. The van der Waals surface area contributed by atoms with E-state index < -0.39 is 5.92 Å². The molecular weight excluding hydrogens is 425 g/mol. The van der Waals surface area contributed by atoms with Crippen LogP contribution in [0.3, 0.4) is 0 Å². The summed E-state index contributed by atoms with van der Waals surface area (Å²) in [6.07, 6.45) is 2.01. The summed E-state index contributed by atoms with van der Waals surface area (Å²) in [5, 5.41) is 3.69. The van der Waals surface area contributed by atoms with Crippen LogP contribution in [0.4, 0.5) is 10.2 Å². The number of nitrogens with one attached hydrogen (secondary N) is 2. The number of aromatic amines is 1. The lowest BCUT2D eigenvalue weighted by Crippen LogP contribution is -2.32. The van der Waals surface area contributed by atoms with E-state index >= 15 is 0 Å². The fourth-order valence-corrected chi connectivity index (χ4v) is 5.21. The van der Waals surface area contributed by atoms with Crippen molar-refractivity contribution in [2.24, 2.45) is 0 Å². The van der Waals surface area contributed by atoms with Crippen LogP contribution in [0, 0.1) is 12.7 Å². The molecule has 0 fully saturated rings. The average Bonchev–Trinajstić information content (AvgIpc) is 2.78. The molecule has 0 amide bonds. The molecule has 2 heterocycles. The minimum atomic E-state index is -0.448. The summed E-state index contributed by atoms with van der Waals surface area (Å²) in [4.78, 5) is 33.6. The summed E-state index contributed by atoms with van der Waals surface area (Å²) < 4.78 is 14.0. The number of allylic oxidation sites excluding steroid dienone is 2. The van der Waals surface area contributed by atoms with Crippen LogP contribution in [0.5, 0.6) is 0 Å². The molecule has 0 radical (unpaired) electrons. The van der Waals surface area contributed by atoms with Crippen LogP contribution in [-0.4, -0.2) is 15.8 Å². The van der Waals surface area contributed by atoms with Crippen molar-refractivity contribution in [1.82, 2.24) is 9.97 Å². The molecule has 1 aromatic heterocycles. The second-order valence-electron chi connectivity index (χ2n) is 8.15. The smallest absolute Gasteiger partial charge is 0.257 e. The third kappa shape index (κ3) is 3.77. The molecule has 0 saturated heterocycles. The Morgan fingerprint density at radius 1 is 1.09 bits per heavy atom. The van der Waals surface area contributed by atoms with Crippen LogP contribution in [0.15, 0.2) is 69.8 Å². The second kappa shape index (κ2) is 8.39. The van der Waals surface area contributed by atoms with E-state index in [1.807, 2.05) is 31.2 Å². The highest BCUT2D eigenvalue weighted by molar-refractivity contribution is 7.98. The molecule has 1 aliphatic heterocycles. The molecule has 3 aromatic rings.